The molecule has 2 rings (SSSR count). The Hall–Kier alpha value is -0.640. The zero-order valence-corrected chi connectivity index (χ0v) is 13.7. The molecular weight excluding hydrogens is 287 g/mol. The molecule has 1 aliphatic rings. The second kappa shape index (κ2) is 7.57. The molecule has 1 aromatic carbocycles. The third-order valence-corrected chi connectivity index (χ3v) is 5.06. The van der Waals surface area contributed by atoms with E-state index in [4.69, 9.17) is 17.3 Å². The van der Waals surface area contributed by atoms with E-state index >= 15 is 0 Å². The molecule has 1 saturated heterocycles. The van der Waals surface area contributed by atoms with Crippen LogP contribution in [-0.4, -0.2) is 24.5 Å². The largest absolute Gasteiger partial charge is 0.329 e. The molecule has 2 atom stereocenters. The maximum Gasteiger partial charge on any atom is 0.124 e. The van der Waals surface area contributed by atoms with E-state index in [1.54, 1.807) is 6.07 Å². The number of halogens is 2. The van der Waals surface area contributed by atoms with E-state index in [1.807, 2.05) is 0 Å². The Morgan fingerprint density at radius 1 is 1.33 bits per heavy atom. The monoisotopic (exact) mass is 312 g/mol. The molecule has 2 unspecified atom stereocenters. The van der Waals surface area contributed by atoms with Crippen LogP contribution in [0.4, 0.5) is 4.39 Å². The van der Waals surface area contributed by atoms with Gasteiger partial charge in [0.15, 0.2) is 0 Å². The summed E-state index contributed by atoms with van der Waals surface area (Å²) in [6, 6.07) is 4.72. The van der Waals surface area contributed by atoms with Gasteiger partial charge in [-0.15, -0.1) is 0 Å². The molecule has 0 spiro atoms. The van der Waals surface area contributed by atoms with Crippen molar-refractivity contribution in [2.45, 2.75) is 39.2 Å². The molecular formula is C17H26ClFN2. The first-order valence-electron chi connectivity index (χ1n) is 7.92. The third-order valence-electron chi connectivity index (χ3n) is 4.74. The predicted octanol–water partition coefficient (Wildman–Crippen LogP) is 4.24. The van der Waals surface area contributed by atoms with Crippen LogP contribution in [-0.2, 0) is 0 Å². The maximum atomic E-state index is 13.2. The van der Waals surface area contributed by atoms with Crippen LogP contribution in [0.1, 0.15) is 44.7 Å². The number of rotatable bonds is 4. The van der Waals surface area contributed by atoms with Gasteiger partial charge in [0.05, 0.1) is 0 Å². The van der Waals surface area contributed by atoms with Crippen molar-refractivity contribution >= 4 is 11.6 Å². The third kappa shape index (κ3) is 4.18. The Bertz CT molecular complexity index is 464. The zero-order chi connectivity index (χ0) is 15.4. The number of benzene rings is 1. The smallest absolute Gasteiger partial charge is 0.124 e. The van der Waals surface area contributed by atoms with E-state index in [1.165, 1.54) is 31.4 Å². The summed E-state index contributed by atoms with van der Waals surface area (Å²) < 4.78 is 13.2. The first-order valence-corrected chi connectivity index (χ1v) is 8.29. The Labute approximate surface area is 132 Å². The number of nitrogens with zero attached hydrogens (tertiary/aromatic N) is 1. The van der Waals surface area contributed by atoms with Crippen LogP contribution >= 0.6 is 11.6 Å². The van der Waals surface area contributed by atoms with Crippen molar-refractivity contribution in [2.75, 3.05) is 19.6 Å². The van der Waals surface area contributed by atoms with Gasteiger partial charge in [-0.3, -0.25) is 4.90 Å². The molecule has 0 bridgehead atoms. The van der Waals surface area contributed by atoms with Gasteiger partial charge in [0.2, 0.25) is 0 Å². The predicted molar refractivity (Wildman–Crippen MR) is 87.0 cm³/mol. The number of nitrogens with two attached hydrogens (primary N) is 1. The normalized spacial score (nSPS) is 22.3. The summed E-state index contributed by atoms with van der Waals surface area (Å²) in [5, 5.41) is 0.482. The molecule has 2 N–H and O–H groups in total. The molecule has 1 aliphatic heterocycles. The van der Waals surface area contributed by atoms with Gasteiger partial charge in [0.1, 0.15) is 5.82 Å². The van der Waals surface area contributed by atoms with Crippen LogP contribution < -0.4 is 5.73 Å². The van der Waals surface area contributed by atoms with Gasteiger partial charge >= 0.3 is 0 Å². The minimum Gasteiger partial charge on any atom is -0.329 e. The summed E-state index contributed by atoms with van der Waals surface area (Å²) in [6.07, 6.45) is 3.67. The Kier molecular flexibility index (Phi) is 6.03. The van der Waals surface area contributed by atoms with E-state index in [0.29, 0.717) is 11.6 Å². The van der Waals surface area contributed by atoms with Crippen LogP contribution in [0.25, 0.3) is 0 Å². The highest BCUT2D eigenvalue weighted by Crippen LogP contribution is 2.32. The maximum absolute atomic E-state index is 13.2. The highest BCUT2D eigenvalue weighted by Gasteiger charge is 2.26. The fourth-order valence-corrected chi connectivity index (χ4v) is 3.66. The van der Waals surface area contributed by atoms with E-state index in [9.17, 15) is 4.39 Å². The lowest BCUT2D eigenvalue weighted by Gasteiger charge is -2.31. The van der Waals surface area contributed by atoms with Crippen LogP contribution in [0, 0.1) is 17.7 Å². The Morgan fingerprint density at radius 2 is 2.10 bits per heavy atom. The molecule has 4 heteroatoms. The first-order chi connectivity index (χ1) is 10.0. The zero-order valence-electron chi connectivity index (χ0n) is 13.0. The van der Waals surface area contributed by atoms with Crippen LogP contribution in [0.2, 0.25) is 5.02 Å². The lowest BCUT2D eigenvalue weighted by Crippen LogP contribution is -2.35. The minimum absolute atomic E-state index is 0.0870. The van der Waals surface area contributed by atoms with Gasteiger partial charge in [-0.1, -0.05) is 31.5 Å². The summed E-state index contributed by atoms with van der Waals surface area (Å²) >= 11 is 6.22. The molecule has 0 amide bonds. The summed E-state index contributed by atoms with van der Waals surface area (Å²) in [5.74, 6) is 1.23. The molecule has 0 aliphatic carbocycles. The number of hydrogen-bond acceptors (Lipinski definition) is 2. The fourth-order valence-electron chi connectivity index (χ4n) is 3.37. The molecule has 2 nitrogen and oxygen atoms in total. The summed E-state index contributed by atoms with van der Waals surface area (Å²) in [7, 11) is 0. The summed E-state index contributed by atoms with van der Waals surface area (Å²) in [4.78, 5) is 2.42. The van der Waals surface area contributed by atoms with Crippen molar-refractivity contribution in [3.63, 3.8) is 0 Å². The van der Waals surface area contributed by atoms with Crippen molar-refractivity contribution in [3.8, 4) is 0 Å². The minimum atomic E-state index is -0.296. The van der Waals surface area contributed by atoms with E-state index in [-0.39, 0.29) is 11.9 Å². The quantitative estimate of drug-likeness (QED) is 0.901. The summed E-state index contributed by atoms with van der Waals surface area (Å²) in [6.45, 7) is 7.20. The Balaban J connectivity index is 2.13. The van der Waals surface area contributed by atoms with Crippen molar-refractivity contribution in [2.24, 2.45) is 17.6 Å². The number of hydrogen-bond donors (Lipinski definition) is 1. The van der Waals surface area contributed by atoms with E-state index in [0.717, 1.165) is 30.5 Å². The molecule has 21 heavy (non-hydrogen) atoms. The van der Waals surface area contributed by atoms with Gasteiger partial charge in [-0.25, -0.2) is 4.39 Å². The van der Waals surface area contributed by atoms with Gasteiger partial charge in [0.25, 0.3) is 0 Å². The fraction of sp³-hybridized carbons (Fsp3) is 0.647. The van der Waals surface area contributed by atoms with Gasteiger partial charge in [0, 0.05) is 17.6 Å². The second-order valence-electron chi connectivity index (χ2n) is 6.39. The molecule has 1 heterocycles. The average molecular weight is 313 g/mol. The highest BCUT2D eigenvalue weighted by molar-refractivity contribution is 6.31. The molecule has 0 saturated carbocycles. The van der Waals surface area contributed by atoms with Crippen molar-refractivity contribution in [1.82, 2.24) is 4.90 Å². The van der Waals surface area contributed by atoms with Gasteiger partial charge < -0.3 is 5.73 Å². The van der Waals surface area contributed by atoms with Crippen LogP contribution in [0.3, 0.4) is 0 Å². The van der Waals surface area contributed by atoms with Crippen molar-refractivity contribution in [3.05, 3.63) is 34.6 Å². The topological polar surface area (TPSA) is 29.3 Å². The lowest BCUT2D eigenvalue weighted by molar-refractivity contribution is 0.204. The second-order valence-corrected chi connectivity index (χ2v) is 6.80. The standard InChI is InChI=1S/C17H26ClFN2/c1-12(2)13-4-3-8-21(9-7-13)17(11-20)15-6-5-14(19)10-16(15)18/h5-6,10,12-13,17H,3-4,7-9,11,20H2,1-2H3. The summed E-state index contributed by atoms with van der Waals surface area (Å²) in [5.41, 5.74) is 6.94. The SMILES string of the molecule is CC(C)C1CCCN(C(CN)c2ccc(F)cc2Cl)CC1. The van der Waals surface area contributed by atoms with Crippen molar-refractivity contribution < 1.29 is 4.39 Å². The average Bonchev–Trinajstić information content (AvgIpc) is 2.68. The van der Waals surface area contributed by atoms with Crippen LogP contribution in [0.15, 0.2) is 18.2 Å². The Morgan fingerprint density at radius 3 is 2.71 bits per heavy atom. The number of likely N-dealkylation sites (tertiary alicyclic amines) is 1. The molecule has 0 aromatic heterocycles. The lowest BCUT2D eigenvalue weighted by atomic mass is 9.89. The van der Waals surface area contributed by atoms with E-state index < -0.39 is 0 Å². The first kappa shape index (κ1) is 16.7. The molecule has 1 aromatic rings. The molecule has 1 fully saturated rings. The molecule has 0 radical (unpaired) electrons. The van der Waals surface area contributed by atoms with E-state index in [2.05, 4.69) is 18.7 Å². The van der Waals surface area contributed by atoms with Gasteiger partial charge in [-0.2, -0.15) is 0 Å². The molecule has 118 valence electrons. The van der Waals surface area contributed by atoms with Gasteiger partial charge in [-0.05, 0) is 61.9 Å². The van der Waals surface area contributed by atoms with Crippen LogP contribution in [0.5, 0.6) is 0 Å². The van der Waals surface area contributed by atoms with Crippen molar-refractivity contribution in [1.29, 1.82) is 0 Å². The highest BCUT2D eigenvalue weighted by atomic mass is 35.5.